The Morgan fingerprint density at radius 3 is 2.09 bits per heavy atom. The standard InChI is InChI=1S/C26H35N3O4/c1-25(2,3)20-13-11-18(12-14-20)23(31)28-17-19-9-7-8-10-21(19)29-22(30)15-16-27-24(32)33-26(4,5)6/h7-14H,15-17H2,1-6H3,(H,27,32)(H,28,31)(H,29,30). The predicted molar refractivity (Wildman–Crippen MR) is 130 cm³/mol. The normalized spacial score (nSPS) is 11.5. The first-order valence-corrected chi connectivity index (χ1v) is 11.1. The molecule has 0 heterocycles. The molecule has 7 nitrogen and oxygen atoms in total. The Kier molecular flexibility index (Phi) is 8.63. The van der Waals surface area contributed by atoms with Crippen molar-refractivity contribution in [1.29, 1.82) is 0 Å². The van der Waals surface area contributed by atoms with Crippen LogP contribution in [-0.4, -0.2) is 30.1 Å². The van der Waals surface area contributed by atoms with Crippen LogP contribution in [0.4, 0.5) is 10.5 Å². The number of rotatable bonds is 7. The maximum atomic E-state index is 12.6. The smallest absolute Gasteiger partial charge is 0.407 e. The Bertz CT molecular complexity index is 970. The molecule has 0 aliphatic heterocycles. The van der Waals surface area contributed by atoms with Crippen LogP contribution >= 0.6 is 0 Å². The average molecular weight is 454 g/mol. The van der Waals surface area contributed by atoms with Crippen LogP contribution in [0, 0.1) is 0 Å². The third-order valence-electron chi connectivity index (χ3n) is 4.76. The lowest BCUT2D eigenvalue weighted by Crippen LogP contribution is -2.34. The van der Waals surface area contributed by atoms with Crippen molar-refractivity contribution in [1.82, 2.24) is 10.6 Å². The van der Waals surface area contributed by atoms with Gasteiger partial charge in [0.1, 0.15) is 5.60 Å². The van der Waals surface area contributed by atoms with Crippen LogP contribution in [0.25, 0.3) is 0 Å². The highest BCUT2D eigenvalue weighted by Gasteiger charge is 2.17. The van der Waals surface area contributed by atoms with Gasteiger partial charge in [0.15, 0.2) is 0 Å². The lowest BCUT2D eigenvalue weighted by molar-refractivity contribution is -0.116. The van der Waals surface area contributed by atoms with Gasteiger partial charge in [0, 0.05) is 30.8 Å². The number of anilines is 1. The summed E-state index contributed by atoms with van der Waals surface area (Å²) in [7, 11) is 0. The van der Waals surface area contributed by atoms with E-state index in [0.717, 1.165) is 11.1 Å². The SMILES string of the molecule is CC(C)(C)OC(=O)NCCC(=O)Nc1ccccc1CNC(=O)c1ccc(C(C)(C)C)cc1. The number of carbonyl (C=O) groups is 3. The summed E-state index contributed by atoms with van der Waals surface area (Å²) < 4.78 is 5.15. The van der Waals surface area contributed by atoms with Crippen LogP contribution in [0.1, 0.15) is 69.4 Å². The molecule has 0 aliphatic rings. The van der Waals surface area contributed by atoms with E-state index in [4.69, 9.17) is 4.74 Å². The van der Waals surface area contributed by atoms with Crippen molar-refractivity contribution in [2.75, 3.05) is 11.9 Å². The molecule has 0 spiro atoms. The third kappa shape index (κ3) is 8.96. The molecule has 2 aromatic rings. The summed E-state index contributed by atoms with van der Waals surface area (Å²) in [4.78, 5) is 36.6. The van der Waals surface area contributed by atoms with Gasteiger partial charge in [-0.3, -0.25) is 9.59 Å². The number of hydrogen-bond donors (Lipinski definition) is 3. The summed E-state index contributed by atoms with van der Waals surface area (Å²) in [6.07, 6.45) is -0.464. The summed E-state index contributed by atoms with van der Waals surface area (Å²) in [6, 6.07) is 14.9. The summed E-state index contributed by atoms with van der Waals surface area (Å²) in [5, 5.41) is 8.30. The lowest BCUT2D eigenvalue weighted by Gasteiger charge is -2.19. The van der Waals surface area contributed by atoms with E-state index < -0.39 is 11.7 Å². The van der Waals surface area contributed by atoms with E-state index in [1.54, 1.807) is 26.8 Å². The number of carbonyl (C=O) groups excluding carboxylic acids is 3. The molecule has 0 aliphatic carbocycles. The van der Waals surface area contributed by atoms with E-state index in [0.29, 0.717) is 11.3 Å². The van der Waals surface area contributed by atoms with Gasteiger partial charge in [-0.05, 0) is 55.5 Å². The summed E-state index contributed by atoms with van der Waals surface area (Å²) in [6.45, 7) is 12.1. The number of para-hydroxylation sites is 1. The van der Waals surface area contributed by atoms with Crippen molar-refractivity contribution in [2.45, 2.75) is 65.5 Å². The van der Waals surface area contributed by atoms with Crippen molar-refractivity contribution in [3.63, 3.8) is 0 Å². The molecule has 3 amide bonds. The van der Waals surface area contributed by atoms with E-state index >= 15 is 0 Å². The summed E-state index contributed by atoms with van der Waals surface area (Å²) in [5.74, 6) is -0.430. The van der Waals surface area contributed by atoms with Gasteiger partial charge in [-0.2, -0.15) is 0 Å². The van der Waals surface area contributed by atoms with E-state index in [9.17, 15) is 14.4 Å². The van der Waals surface area contributed by atoms with Crippen molar-refractivity contribution >= 4 is 23.6 Å². The first-order valence-electron chi connectivity index (χ1n) is 11.1. The molecule has 0 atom stereocenters. The van der Waals surface area contributed by atoms with Crippen LogP contribution in [-0.2, 0) is 21.5 Å². The monoisotopic (exact) mass is 453 g/mol. The van der Waals surface area contributed by atoms with Gasteiger partial charge in [0.25, 0.3) is 5.91 Å². The zero-order valence-electron chi connectivity index (χ0n) is 20.4. The Morgan fingerprint density at radius 2 is 1.48 bits per heavy atom. The zero-order valence-corrected chi connectivity index (χ0v) is 20.4. The quantitative estimate of drug-likeness (QED) is 0.563. The molecule has 0 saturated carbocycles. The molecule has 0 unspecified atom stereocenters. The van der Waals surface area contributed by atoms with E-state index in [1.165, 1.54) is 0 Å². The van der Waals surface area contributed by atoms with E-state index in [-0.39, 0.29) is 36.7 Å². The van der Waals surface area contributed by atoms with Gasteiger partial charge >= 0.3 is 6.09 Å². The molecule has 7 heteroatoms. The van der Waals surface area contributed by atoms with Gasteiger partial charge in [-0.1, -0.05) is 51.1 Å². The molecule has 0 bridgehead atoms. The Labute approximate surface area is 196 Å². The largest absolute Gasteiger partial charge is 0.444 e. The Morgan fingerprint density at radius 1 is 0.848 bits per heavy atom. The fourth-order valence-electron chi connectivity index (χ4n) is 3.00. The highest BCUT2D eigenvalue weighted by Crippen LogP contribution is 2.22. The number of ether oxygens (including phenoxy) is 1. The fraction of sp³-hybridized carbons (Fsp3) is 0.423. The molecule has 178 valence electrons. The van der Waals surface area contributed by atoms with Crippen LogP contribution in [0.3, 0.4) is 0 Å². The minimum atomic E-state index is -0.593. The molecule has 33 heavy (non-hydrogen) atoms. The molecule has 3 N–H and O–H groups in total. The van der Waals surface area contributed by atoms with Crippen molar-refractivity contribution in [3.05, 3.63) is 65.2 Å². The van der Waals surface area contributed by atoms with Gasteiger partial charge in [-0.25, -0.2) is 4.79 Å². The molecule has 2 rings (SSSR count). The number of hydrogen-bond acceptors (Lipinski definition) is 4. The highest BCUT2D eigenvalue weighted by atomic mass is 16.6. The van der Waals surface area contributed by atoms with E-state index in [2.05, 4.69) is 36.7 Å². The van der Waals surface area contributed by atoms with E-state index in [1.807, 2.05) is 42.5 Å². The van der Waals surface area contributed by atoms with Crippen molar-refractivity contribution in [2.24, 2.45) is 0 Å². The van der Waals surface area contributed by atoms with Gasteiger partial charge < -0.3 is 20.7 Å². The predicted octanol–water partition coefficient (Wildman–Crippen LogP) is 4.77. The van der Waals surface area contributed by atoms with Crippen molar-refractivity contribution in [3.8, 4) is 0 Å². The second-order valence-electron chi connectivity index (χ2n) is 9.89. The number of amides is 3. The van der Waals surface area contributed by atoms with Crippen LogP contribution in [0.5, 0.6) is 0 Å². The van der Waals surface area contributed by atoms with Crippen LogP contribution in [0.15, 0.2) is 48.5 Å². The molecular weight excluding hydrogens is 418 g/mol. The molecule has 0 saturated heterocycles. The number of nitrogens with one attached hydrogen (secondary N) is 3. The first-order chi connectivity index (χ1) is 15.3. The van der Waals surface area contributed by atoms with Crippen LogP contribution in [0.2, 0.25) is 0 Å². The Balaban J connectivity index is 1.89. The molecule has 0 fully saturated rings. The molecule has 0 radical (unpaired) electrons. The van der Waals surface area contributed by atoms with Crippen LogP contribution < -0.4 is 16.0 Å². The number of benzene rings is 2. The highest BCUT2D eigenvalue weighted by molar-refractivity contribution is 5.95. The topological polar surface area (TPSA) is 96.5 Å². The van der Waals surface area contributed by atoms with Gasteiger partial charge in [0.2, 0.25) is 5.91 Å². The minimum absolute atomic E-state index is 0.0224. The second-order valence-corrected chi connectivity index (χ2v) is 9.89. The van der Waals surface area contributed by atoms with Gasteiger partial charge in [0.05, 0.1) is 0 Å². The first kappa shape index (κ1) is 25.9. The van der Waals surface area contributed by atoms with Crippen molar-refractivity contribution < 1.29 is 19.1 Å². The fourth-order valence-corrected chi connectivity index (χ4v) is 3.00. The maximum Gasteiger partial charge on any atom is 0.407 e. The second kappa shape index (κ2) is 11.0. The number of alkyl carbamates (subject to hydrolysis) is 1. The molecule has 0 aromatic heterocycles. The minimum Gasteiger partial charge on any atom is -0.444 e. The Hall–Kier alpha value is -3.35. The average Bonchev–Trinajstić information content (AvgIpc) is 2.71. The zero-order chi connectivity index (χ0) is 24.6. The third-order valence-corrected chi connectivity index (χ3v) is 4.76. The summed E-state index contributed by atoms with van der Waals surface area (Å²) in [5.41, 5.74) is 2.57. The maximum absolute atomic E-state index is 12.6. The summed E-state index contributed by atoms with van der Waals surface area (Å²) >= 11 is 0. The lowest BCUT2D eigenvalue weighted by atomic mass is 9.87. The molecule has 2 aromatic carbocycles. The molecular formula is C26H35N3O4. The van der Waals surface area contributed by atoms with Gasteiger partial charge in [-0.15, -0.1) is 0 Å².